The maximum atomic E-state index is 11.7. The van der Waals surface area contributed by atoms with Gasteiger partial charge in [0.1, 0.15) is 5.75 Å². The van der Waals surface area contributed by atoms with Crippen molar-refractivity contribution in [1.29, 1.82) is 0 Å². The van der Waals surface area contributed by atoms with Gasteiger partial charge in [-0.2, -0.15) is 23.4 Å². The van der Waals surface area contributed by atoms with Crippen molar-refractivity contribution in [2.45, 2.75) is 51.0 Å². The van der Waals surface area contributed by atoms with Gasteiger partial charge in [-0.1, -0.05) is 20.8 Å². The van der Waals surface area contributed by atoms with Gasteiger partial charge < -0.3 is 16.2 Å². The molecule has 0 radical (unpaired) electrons. The third-order valence-corrected chi connectivity index (χ3v) is 6.97. The van der Waals surface area contributed by atoms with Crippen molar-refractivity contribution in [3.63, 3.8) is 0 Å². The predicted molar refractivity (Wildman–Crippen MR) is 128 cm³/mol. The van der Waals surface area contributed by atoms with Crippen molar-refractivity contribution in [3.8, 4) is 17.1 Å². The molecule has 176 valence electrons. The second kappa shape index (κ2) is 8.27. The Kier molecular flexibility index (Phi) is 5.88. The number of nitrogens with one attached hydrogen (secondary N) is 1. The molecule has 3 aromatic rings. The SMILES string of the molecule is CC1CC(Nc2nc(Cl)nc(-c3c(N)ccc4c(O)cc(S(=O)(=O)O)cc34)n2)CC(C)(C)C1. The van der Waals surface area contributed by atoms with Gasteiger partial charge in [-0.25, -0.2) is 0 Å². The van der Waals surface area contributed by atoms with Crippen LogP contribution in [0, 0.1) is 11.3 Å². The van der Waals surface area contributed by atoms with Gasteiger partial charge in [-0.05, 0) is 65.8 Å². The molecule has 1 aromatic heterocycles. The first-order valence-corrected chi connectivity index (χ1v) is 12.4. The molecule has 0 bridgehead atoms. The fourth-order valence-electron chi connectivity index (χ4n) is 4.97. The summed E-state index contributed by atoms with van der Waals surface area (Å²) >= 11 is 6.21. The number of fused-ring (bicyclic) bond motifs is 1. The van der Waals surface area contributed by atoms with Crippen molar-refractivity contribution < 1.29 is 18.1 Å². The molecule has 9 nitrogen and oxygen atoms in total. The Labute approximate surface area is 197 Å². The molecule has 1 heterocycles. The minimum Gasteiger partial charge on any atom is -0.507 e. The lowest BCUT2D eigenvalue weighted by Gasteiger charge is -2.39. The van der Waals surface area contributed by atoms with E-state index in [1.807, 2.05) is 0 Å². The van der Waals surface area contributed by atoms with Crippen LogP contribution in [0.1, 0.15) is 40.0 Å². The van der Waals surface area contributed by atoms with Crippen LogP contribution in [-0.2, 0) is 10.1 Å². The number of phenols is 1. The van der Waals surface area contributed by atoms with E-state index < -0.39 is 15.0 Å². The Morgan fingerprint density at radius 2 is 1.88 bits per heavy atom. The predicted octanol–water partition coefficient (Wildman–Crippen LogP) is 4.51. The number of aromatic hydroxyl groups is 1. The van der Waals surface area contributed by atoms with Crippen LogP contribution < -0.4 is 11.1 Å². The second-order valence-corrected chi connectivity index (χ2v) is 11.3. The largest absolute Gasteiger partial charge is 0.507 e. The number of hydrogen-bond donors (Lipinski definition) is 4. The number of nitrogens with zero attached hydrogens (tertiary/aromatic N) is 3. The molecule has 2 unspecified atom stereocenters. The first kappa shape index (κ1) is 23.5. The van der Waals surface area contributed by atoms with Crippen LogP contribution in [0.15, 0.2) is 29.2 Å². The van der Waals surface area contributed by atoms with E-state index in [0.717, 1.165) is 25.3 Å². The van der Waals surface area contributed by atoms with Gasteiger partial charge in [0, 0.05) is 23.2 Å². The molecule has 33 heavy (non-hydrogen) atoms. The number of hydrogen-bond acceptors (Lipinski definition) is 8. The molecule has 1 fully saturated rings. The van der Waals surface area contributed by atoms with E-state index in [1.165, 1.54) is 6.07 Å². The topological polar surface area (TPSA) is 151 Å². The monoisotopic (exact) mass is 491 g/mol. The molecular formula is C22H26ClN5O4S. The lowest BCUT2D eigenvalue weighted by atomic mass is 9.71. The van der Waals surface area contributed by atoms with Crippen LogP contribution in [0.3, 0.4) is 0 Å². The van der Waals surface area contributed by atoms with Crippen molar-refractivity contribution in [3.05, 3.63) is 29.5 Å². The summed E-state index contributed by atoms with van der Waals surface area (Å²) < 4.78 is 32.9. The minimum atomic E-state index is -4.57. The number of phenolic OH excluding ortho intramolecular Hbond substituents is 1. The molecule has 0 aliphatic heterocycles. The van der Waals surface area contributed by atoms with Crippen LogP contribution in [0.25, 0.3) is 22.2 Å². The number of halogens is 1. The number of rotatable bonds is 4. The Morgan fingerprint density at radius 1 is 1.15 bits per heavy atom. The Bertz CT molecular complexity index is 1350. The Balaban J connectivity index is 1.83. The van der Waals surface area contributed by atoms with E-state index in [4.69, 9.17) is 17.3 Å². The van der Waals surface area contributed by atoms with E-state index in [0.29, 0.717) is 11.3 Å². The summed E-state index contributed by atoms with van der Waals surface area (Å²) in [5.41, 5.74) is 6.91. The van der Waals surface area contributed by atoms with Crippen LogP contribution in [0.4, 0.5) is 11.6 Å². The summed E-state index contributed by atoms with van der Waals surface area (Å²) in [4.78, 5) is 12.5. The van der Waals surface area contributed by atoms with Gasteiger partial charge in [-0.15, -0.1) is 0 Å². The highest BCUT2D eigenvalue weighted by Crippen LogP contribution is 2.40. The normalized spacial score (nSPS) is 20.6. The molecule has 0 spiro atoms. The van der Waals surface area contributed by atoms with Crippen LogP contribution in [0.5, 0.6) is 5.75 Å². The zero-order valence-corrected chi connectivity index (χ0v) is 20.1. The number of benzene rings is 2. The van der Waals surface area contributed by atoms with E-state index in [9.17, 15) is 18.1 Å². The Hall–Kier alpha value is -2.69. The maximum Gasteiger partial charge on any atom is 0.294 e. The number of anilines is 2. The summed E-state index contributed by atoms with van der Waals surface area (Å²) in [5, 5.41) is 14.2. The number of nitrogen functional groups attached to an aromatic ring is 1. The van der Waals surface area contributed by atoms with Gasteiger partial charge >= 0.3 is 0 Å². The molecule has 2 aromatic carbocycles. The fraction of sp³-hybridized carbons (Fsp3) is 0.409. The zero-order valence-electron chi connectivity index (χ0n) is 18.5. The van der Waals surface area contributed by atoms with Crippen molar-refractivity contribution in [2.75, 3.05) is 11.1 Å². The lowest BCUT2D eigenvalue weighted by Crippen LogP contribution is -2.36. The van der Waals surface area contributed by atoms with Crippen LogP contribution >= 0.6 is 11.6 Å². The summed E-state index contributed by atoms with van der Waals surface area (Å²) in [6.45, 7) is 6.69. The summed E-state index contributed by atoms with van der Waals surface area (Å²) in [6, 6.07) is 5.43. The maximum absolute atomic E-state index is 11.7. The third-order valence-electron chi connectivity index (χ3n) is 5.97. The molecule has 1 aliphatic carbocycles. The van der Waals surface area contributed by atoms with E-state index in [-0.39, 0.29) is 50.9 Å². The molecule has 11 heteroatoms. The fourth-order valence-corrected chi connectivity index (χ4v) is 5.66. The molecule has 2 atom stereocenters. The highest BCUT2D eigenvalue weighted by Gasteiger charge is 2.32. The average Bonchev–Trinajstić information content (AvgIpc) is 2.64. The third kappa shape index (κ3) is 4.97. The smallest absolute Gasteiger partial charge is 0.294 e. The van der Waals surface area contributed by atoms with Crippen molar-refractivity contribution >= 4 is 44.1 Å². The van der Waals surface area contributed by atoms with Gasteiger partial charge in [0.25, 0.3) is 10.1 Å². The van der Waals surface area contributed by atoms with E-state index >= 15 is 0 Å². The average molecular weight is 492 g/mol. The van der Waals surface area contributed by atoms with E-state index in [1.54, 1.807) is 12.1 Å². The number of nitrogens with two attached hydrogens (primary N) is 1. The quantitative estimate of drug-likeness (QED) is 0.305. The molecule has 0 amide bonds. The molecule has 4 rings (SSSR count). The van der Waals surface area contributed by atoms with Crippen LogP contribution in [0.2, 0.25) is 5.28 Å². The van der Waals surface area contributed by atoms with Crippen molar-refractivity contribution in [1.82, 2.24) is 15.0 Å². The summed E-state index contributed by atoms with van der Waals surface area (Å²) in [6.07, 6.45) is 3.04. The second-order valence-electron chi connectivity index (χ2n) is 9.55. The highest BCUT2D eigenvalue weighted by atomic mass is 35.5. The van der Waals surface area contributed by atoms with Gasteiger partial charge in [-0.3, -0.25) is 4.55 Å². The Morgan fingerprint density at radius 3 is 2.55 bits per heavy atom. The number of aromatic nitrogens is 3. The lowest BCUT2D eigenvalue weighted by molar-refractivity contribution is 0.177. The highest BCUT2D eigenvalue weighted by molar-refractivity contribution is 7.85. The summed E-state index contributed by atoms with van der Waals surface area (Å²) in [7, 11) is -4.57. The molecule has 5 N–H and O–H groups in total. The molecule has 0 saturated heterocycles. The first-order chi connectivity index (χ1) is 15.3. The van der Waals surface area contributed by atoms with Crippen LogP contribution in [-0.4, -0.2) is 39.1 Å². The van der Waals surface area contributed by atoms with Crippen molar-refractivity contribution in [2.24, 2.45) is 11.3 Å². The molecule has 1 saturated carbocycles. The molecular weight excluding hydrogens is 466 g/mol. The summed E-state index contributed by atoms with van der Waals surface area (Å²) in [5.74, 6) is 0.610. The molecule has 1 aliphatic rings. The minimum absolute atomic E-state index is 0.0582. The first-order valence-electron chi connectivity index (χ1n) is 10.5. The van der Waals surface area contributed by atoms with E-state index in [2.05, 4.69) is 41.0 Å². The standard InChI is InChI=1S/C22H26ClN5O4S/c1-11-6-12(10-22(2,3)9-11)25-21-27-19(26-20(23)28-21)18-15-7-13(33(30,31)32)8-17(29)14(15)4-5-16(18)24/h4-5,7-8,11-12,29H,6,9-10,24H2,1-3H3,(H,30,31,32)(H,25,26,27,28). The zero-order chi connectivity index (χ0) is 24.1. The van der Waals surface area contributed by atoms with Gasteiger partial charge in [0.15, 0.2) is 5.82 Å². The van der Waals surface area contributed by atoms with Gasteiger partial charge in [0.2, 0.25) is 11.2 Å². The van der Waals surface area contributed by atoms with Gasteiger partial charge in [0.05, 0.1) is 10.5 Å².